The van der Waals surface area contributed by atoms with Gasteiger partial charge in [-0.15, -0.1) is 0 Å². The normalized spacial score (nSPS) is 21.2. The molecule has 0 aromatic rings. The van der Waals surface area contributed by atoms with E-state index in [4.69, 9.17) is 4.74 Å². The second kappa shape index (κ2) is 9.35. The number of carbonyl (C=O) groups is 1. The third kappa shape index (κ3) is 5.41. The molecule has 0 amide bonds. The zero-order valence-corrected chi connectivity index (χ0v) is 13.7. The number of rotatable bonds is 8. The average Bonchev–Trinajstić information content (AvgIpc) is 2.43. The van der Waals surface area contributed by atoms with E-state index in [0.717, 1.165) is 25.9 Å². The van der Waals surface area contributed by atoms with Gasteiger partial charge in [-0.05, 0) is 46.6 Å². The summed E-state index contributed by atoms with van der Waals surface area (Å²) in [5.41, 5.74) is 0. The average molecular weight is 284 g/mol. The number of esters is 1. The fourth-order valence-electron chi connectivity index (χ4n) is 2.96. The van der Waals surface area contributed by atoms with Gasteiger partial charge in [-0.3, -0.25) is 9.69 Å². The maximum Gasteiger partial charge on any atom is 0.323 e. The Balaban J connectivity index is 2.70. The van der Waals surface area contributed by atoms with Gasteiger partial charge in [0, 0.05) is 18.6 Å². The van der Waals surface area contributed by atoms with E-state index in [9.17, 15) is 4.79 Å². The number of piperidine rings is 1. The number of hydrogen-bond acceptors (Lipinski definition) is 4. The monoisotopic (exact) mass is 284 g/mol. The Hall–Kier alpha value is -0.610. The van der Waals surface area contributed by atoms with Gasteiger partial charge in [0.1, 0.15) is 6.04 Å². The van der Waals surface area contributed by atoms with Gasteiger partial charge < -0.3 is 10.1 Å². The fraction of sp³-hybridized carbons (Fsp3) is 0.938. The molecular formula is C16H32N2O2. The molecule has 0 aliphatic carbocycles. The molecule has 4 heteroatoms. The molecule has 0 radical (unpaired) electrons. The van der Waals surface area contributed by atoms with Gasteiger partial charge in [0.2, 0.25) is 0 Å². The highest BCUT2D eigenvalue weighted by atomic mass is 16.5. The third-order valence-electron chi connectivity index (χ3n) is 4.03. The first-order valence-electron chi connectivity index (χ1n) is 8.25. The predicted molar refractivity (Wildman–Crippen MR) is 82.8 cm³/mol. The Morgan fingerprint density at radius 1 is 1.35 bits per heavy atom. The van der Waals surface area contributed by atoms with Crippen LogP contribution in [0.3, 0.4) is 0 Å². The summed E-state index contributed by atoms with van der Waals surface area (Å²) in [4.78, 5) is 14.6. The predicted octanol–water partition coefficient (Wildman–Crippen LogP) is 2.57. The van der Waals surface area contributed by atoms with Crippen molar-refractivity contribution in [3.8, 4) is 0 Å². The molecule has 0 bridgehead atoms. The molecule has 2 unspecified atom stereocenters. The lowest BCUT2D eigenvalue weighted by molar-refractivity contribution is -0.151. The lowest BCUT2D eigenvalue weighted by Gasteiger charge is -2.37. The van der Waals surface area contributed by atoms with Crippen LogP contribution < -0.4 is 5.32 Å². The van der Waals surface area contributed by atoms with Crippen molar-refractivity contribution in [3.05, 3.63) is 0 Å². The van der Waals surface area contributed by atoms with Gasteiger partial charge in [0.25, 0.3) is 0 Å². The topological polar surface area (TPSA) is 41.6 Å². The molecule has 1 saturated heterocycles. The van der Waals surface area contributed by atoms with Crippen molar-refractivity contribution in [1.29, 1.82) is 0 Å². The summed E-state index contributed by atoms with van der Waals surface area (Å²) in [5, 5.41) is 3.58. The number of ether oxygens (including phenoxy) is 1. The molecule has 0 aromatic heterocycles. The van der Waals surface area contributed by atoms with Crippen LogP contribution in [0, 0.1) is 0 Å². The maximum absolute atomic E-state index is 12.2. The number of nitrogens with zero attached hydrogens (tertiary/aromatic N) is 1. The fourth-order valence-corrected chi connectivity index (χ4v) is 2.96. The largest absolute Gasteiger partial charge is 0.465 e. The summed E-state index contributed by atoms with van der Waals surface area (Å²) in [5.74, 6) is -0.0566. The van der Waals surface area contributed by atoms with Crippen molar-refractivity contribution < 1.29 is 9.53 Å². The number of nitrogens with one attached hydrogen (secondary N) is 1. The van der Waals surface area contributed by atoms with E-state index in [-0.39, 0.29) is 12.0 Å². The van der Waals surface area contributed by atoms with E-state index in [2.05, 4.69) is 31.0 Å². The lowest BCUT2D eigenvalue weighted by Crippen LogP contribution is -2.52. The zero-order valence-electron chi connectivity index (χ0n) is 13.7. The highest BCUT2D eigenvalue weighted by Crippen LogP contribution is 2.17. The van der Waals surface area contributed by atoms with E-state index < -0.39 is 0 Å². The van der Waals surface area contributed by atoms with Crippen LogP contribution in [-0.2, 0) is 9.53 Å². The molecule has 0 aromatic carbocycles. The van der Waals surface area contributed by atoms with Gasteiger partial charge in [-0.2, -0.15) is 0 Å². The smallest absolute Gasteiger partial charge is 0.323 e. The van der Waals surface area contributed by atoms with Crippen molar-refractivity contribution in [2.75, 3.05) is 19.7 Å². The standard InChI is InChI=1S/C16H32N2O2/c1-5-9-15(16(19)20-6-2)18(13(3)4)12-14-10-7-8-11-17-14/h13-15,17H,5-12H2,1-4H3. The molecule has 0 spiro atoms. The number of hydrogen-bond donors (Lipinski definition) is 1. The summed E-state index contributed by atoms with van der Waals surface area (Å²) < 4.78 is 5.28. The summed E-state index contributed by atoms with van der Waals surface area (Å²) in [6.45, 7) is 10.9. The third-order valence-corrected chi connectivity index (χ3v) is 4.03. The van der Waals surface area contributed by atoms with E-state index in [1.54, 1.807) is 0 Å². The van der Waals surface area contributed by atoms with Gasteiger partial charge in [0.15, 0.2) is 0 Å². The second-order valence-electron chi connectivity index (χ2n) is 5.99. The van der Waals surface area contributed by atoms with Crippen molar-refractivity contribution in [1.82, 2.24) is 10.2 Å². The van der Waals surface area contributed by atoms with Crippen LogP contribution in [0.2, 0.25) is 0 Å². The molecule has 20 heavy (non-hydrogen) atoms. The Bertz CT molecular complexity index is 276. The first-order chi connectivity index (χ1) is 9.60. The van der Waals surface area contributed by atoms with Gasteiger partial charge >= 0.3 is 5.97 Å². The number of carbonyl (C=O) groups excluding carboxylic acids is 1. The molecule has 1 heterocycles. The van der Waals surface area contributed by atoms with E-state index in [1.165, 1.54) is 19.3 Å². The summed E-state index contributed by atoms with van der Waals surface area (Å²) in [6, 6.07) is 0.781. The van der Waals surface area contributed by atoms with Gasteiger partial charge in [-0.25, -0.2) is 0 Å². The minimum Gasteiger partial charge on any atom is -0.465 e. The molecule has 2 atom stereocenters. The molecule has 1 aliphatic heterocycles. The summed E-state index contributed by atoms with van der Waals surface area (Å²) >= 11 is 0. The first-order valence-corrected chi connectivity index (χ1v) is 8.25. The second-order valence-corrected chi connectivity index (χ2v) is 5.99. The quantitative estimate of drug-likeness (QED) is 0.696. The summed E-state index contributed by atoms with van der Waals surface area (Å²) in [7, 11) is 0. The van der Waals surface area contributed by atoms with Gasteiger partial charge in [-0.1, -0.05) is 19.8 Å². The Labute approximate surface area is 124 Å². The van der Waals surface area contributed by atoms with Crippen LogP contribution in [0.5, 0.6) is 0 Å². The maximum atomic E-state index is 12.2. The molecule has 0 saturated carbocycles. The Morgan fingerprint density at radius 3 is 2.60 bits per heavy atom. The Morgan fingerprint density at radius 2 is 2.10 bits per heavy atom. The molecule has 1 fully saturated rings. The minimum absolute atomic E-state index is 0.0566. The lowest BCUT2D eigenvalue weighted by atomic mass is 10.0. The van der Waals surface area contributed by atoms with E-state index in [1.807, 2.05) is 6.92 Å². The van der Waals surface area contributed by atoms with Crippen molar-refractivity contribution >= 4 is 5.97 Å². The van der Waals surface area contributed by atoms with Crippen LogP contribution in [0.15, 0.2) is 0 Å². The van der Waals surface area contributed by atoms with Crippen molar-refractivity contribution in [2.24, 2.45) is 0 Å². The first kappa shape index (κ1) is 17.4. The van der Waals surface area contributed by atoms with E-state index in [0.29, 0.717) is 18.7 Å². The molecule has 4 nitrogen and oxygen atoms in total. The Kier molecular flexibility index (Phi) is 8.15. The van der Waals surface area contributed by atoms with Crippen molar-refractivity contribution in [2.45, 2.75) is 77.9 Å². The van der Waals surface area contributed by atoms with Crippen LogP contribution in [0.25, 0.3) is 0 Å². The molecule has 1 rings (SSSR count). The zero-order chi connectivity index (χ0) is 15.0. The highest BCUT2D eigenvalue weighted by molar-refractivity contribution is 5.75. The molecular weight excluding hydrogens is 252 g/mol. The molecule has 1 aliphatic rings. The SMILES string of the molecule is CCCC(C(=O)OCC)N(CC1CCCCN1)C(C)C. The summed E-state index contributed by atoms with van der Waals surface area (Å²) in [6.07, 6.45) is 5.66. The molecule has 118 valence electrons. The van der Waals surface area contributed by atoms with Gasteiger partial charge in [0.05, 0.1) is 6.61 Å². The van der Waals surface area contributed by atoms with Crippen LogP contribution in [0.4, 0.5) is 0 Å². The van der Waals surface area contributed by atoms with Crippen LogP contribution >= 0.6 is 0 Å². The van der Waals surface area contributed by atoms with Crippen LogP contribution in [-0.4, -0.2) is 48.7 Å². The minimum atomic E-state index is -0.0938. The van der Waals surface area contributed by atoms with E-state index >= 15 is 0 Å². The van der Waals surface area contributed by atoms with Crippen LogP contribution in [0.1, 0.15) is 59.8 Å². The molecule has 1 N–H and O–H groups in total. The highest BCUT2D eigenvalue weighted by Gasteiger charge is 2.30. The van der Waals surface area contributed by atoms with Crippen molar-refractivity contribution in [3.63, 3.8) is 0 Å².